The molecule has 0 aromatic heterocycles. The monoisotopic (exact) mass is 373 g/mol. The molecule has 0 spiro atoms. The lowest BCUT2D eigenvalue weighted by molar-refractivity contribution is -0.134. The van der Waals surface area contributed by atoms with Crippen LogP contribution in [0.3, 0.4) is 0 Å². The Kier molecular flexibility index (Phi) is 5.21. The lowest BCUT2D eigenvalue weighted by atomic mass is 9.68. The first-order chi connectivity index (χ1) is 11.9. The van der Waals surface area contributed by atoms with Crippen LogP contribution in [0.1, 0.15) is 42.9 Å². The van der Waals surface area contributed by atoms with Crippen molar-refractivity contribution in [1.29, 1.82) is 0 Å². The Morgan fingerprint density at radius 2 is 1.88 bits per heavy atom. The van der Waals surface area contributed by atoms with Gasteiger partial charge in [0.2, 0.25) is 5.91 Å². The minimum absolute atomic E-state index is 0.0608. The molecule has 2 aromatic carbocycles. The number of benzene rings is 2. The Labute approximate surface area is 158 Å². The van der Waals surface area contributed by atoms with E-state index < -0.39 is 5.41 Å². The summed E-state index contributed by atoms with van der Waals surface area (Å²) in [6, 6.07) is 15.4. The van der Waals surface area contributed by atoms with Crippen molar-refractivity contribution in [2.45, 2.75) is 31.7 Å². The third-order valence-electron chi connectivity index (χ3n) is 5.01. The Balaban J connectivity index is 2.03. The molecule has 2 aromatic rings. The van der Waals surface area contributed by atoms with E-state index in [2.05, 4.69) is 18.0 Å². The van der Waals surface area contributed by atoms with Gasteiger partial charge in [0.1, 0.15) is 0 Å². The number of hydrogen-bond donors (Lipinski definition) is 1. The van der Waals surface area contributed by atoms with Gasteiger partial charge in [0.15, 0.2) is 0 Å². The van der Waals surface area contributed by atoms with Gasteiger partial charge in [-0.25, -0.2) is 0 Å². The fraction of sp³-hybridized carbons (Fsp3) is 0.286. The van der Waals surface area contributed by atoms with Crippen LogP contribution in [-0.4, -0.2) is 5.91 Å². The van der Waals surface area contributed by atoms with Crippen molar-refractivity contribution in [3.63, 3.8) is 0 Å². The number of halogens is 2. The van der Waals surface area contributed by atoms with Crippen LogP contribution in [0, 0.1) is 5.41 Å². The number of rotatable bonds is 4. The molecule has 4 heteroatoms. The summed E-state index contributed by atoms with van der Waals surface area (Å²) in [5.41, 5.74) is 1.70. The van der Waals surface area contributed by atoms with Crippen LogP contribution in [0.25, 0.3) is 0 Å². The molecule has 1 heterocycles. The Hall–Kier alpha value is -1.77. The van der Waals surface area contributed by atoms with Crippen molar-refractivity contribution in [2.75, 3.05) is 0 Å². The normalized spacial score (nSPS) is 26.1. The van der Waals surface area contributed by atoms with E-state index >= 15 is 0 Å². The van der Waals surface area contributed by atoms with Crippen LogP contribution < -0.4 is 5.32 Å². The molecule has 130 valence electrons. The third kappa shape index (κ3) is 3.75. The van der Waals surface area contributed by atoms with Crippen LogP contribution >= 0.6 is 23.2 Å². The predicted molar refractivity (Wildman–Crippen MR) is 104 cm³/mol. The average Bonchev–Trinajstić information content (AvgIpc) is 2.58. The van der Waals surface area contributed by atoms with Crippen molar-refractivity contribution >= 4 is 29.1 Å². The summed E-state index contributed by atoms with van der Waals surface area (Å²) in [6.45, 7) is 5.82. The molecular formula is C21H21Cl2NO. The maximum atomic E-state index is 12.8. The Morgan fingerprint density at radius 1 is 1.16 bits per heavy atom. The topological polar surface area (TPSA) is 29.1 Å². The number of hydrogen-bond acceptors (Lipinski definition) is 1. The van der Waals surface area contributed by atoms with E-state index in [1.165, 1.54) is 0 Å². The van der Waals surface area contributed by atoms with Crippen molar-refractivity contribution in [1.82, 2.24) is 5.32 Å². The maximum absolute atomic E-state index is 12.8. The second-order valence-corrected chi connectivity index (χ2v) is 7.79. The van der Waals surface area contributed by atoms with E-state index in [1.54, 1.807) is 0 Å². The number of amides is 1. The zero-order valence-electron chi connectivity index (χ0n) is 14.1. The predicted octanol–water partition coefficient (Wildman–Crippen LogP) is 5.92. The number of nitrogens with one attached hydrogen (secondary N) is 1. The fourth-order valence-corrected chi connectivity index (χ4v) is 3.96. The number of carbonyl (C=O) groups excluding carboxylic acids is 1. The minimum Gasteiger partial charge on any atom is -0.348 e. The molecule has 1 aliphatic rings. The first-order valence-corrected chi connectivity index (χ1v) is 9.11. The summed E-state index contributed by atoms with van der Waals surface area (Å²) >= 11 is 12.2. The average molecular weight is 374 g/mol. The molecule has 1 N–H and O–H groups in total. The number of carbonyl (C=O) groups is 1. The van der Waals surface area contributed by atoms with Crippen LogP contribution in [0.2, 0.25) is 10.0 Å². The quantitative estimate of drug-likeness (QED) is 0.661. The zero-order valence-corrected chi connectivity index (χ0v) is 15.6. The van der Waals surface area contributed by atoms with Gasteiger partial charge in [-0.05, 0) is 48.2 Å². The zero-order chi connectivity index (χ0) is 18.0. The molecule has 3 atom stereocenters. The van der Waals surface area contributed by atoms with E-state index in [0.717, 1.165) is 17.5 Å². The molecule has 3 unspecified atom stereocenters. The van der Waals surface area contributed by atoms with E-state index in [1.807, 2.05) is 55.5 Å². The molecule has 0 bridgehead atoms. The van der Waals surface area contributed by atoms with Gasteiger partial charge < -0.3 is 5.32 Å². The largest absolute Gasteiger partial charge is 0.348 e. The maximum Gasteiger partial charge on any atom is 0.226 e. The van der Waals surface area contributed by atoms with E-state index in [4.69, 9.17) is 23.2 Å². The Bertz CT molecular complexity index is 787. The molecule has 25 heavy (non-hydrogen) atoms. The smallest absolute Gasteiger partial charge is 0.226 e. The van der Waals surface area contributed by atoms with Gasteiger partial charge in [-0.3, -0.25) is 4.79 Å². The van der Waals surface area contributed by atoms with Gasteiger partial charge in [0.25, 0.3) is 0 Å². The summed E-state index contributed by atoms with van der Waals surface area (Å²) in [7, 11) is 0. The summed E-state index contributed by atoms with van der Waals surface area (Å²) < 4.78 is 0. The molecule has 2 nitrogen and oxygen atoms in total. The SMILES string of the molecule is C=CCC1(C)CC(c2cccc(Cl)c2)C(c2ccc(Cl)cc2)NC1=O. The van der Waals surface area contributed by atoms with Crippen molar-refractivity contribution < 1.29 is 4.79 Å². The van der Waals surface area contributed by atoms with Crippen LogP contribution in [0.15, 0.2) is 61.2 Å². The highest BCUT2D eigenvalue weighted by Crippen LogP contribution is 2.46. The highest BCUT2D eigenvalue weighted by molar-refractivity contribution is 6.30. The van der Waals surface area contributed by atoms with E-state index in [9.17, 15) is 4.79 Å². The number of allylic oxidation sites excluding steroid dienone is 1. The summed E-state index contributed by atoms with van der Waals surface area (Å²) in [5.74, 6) is 0.188. The molecule has 0 aliphatic carbocycles. The van der Waals surface area contributed by atoms with Crippen molar-refractivity contribution in [2.24, 2.45) is 5.41 Å². The second kappa shape index (κ2) is 7.23. The Morgan fingerprint density at radius 3 is 2.52 bits per heavy atom. The van der Waals surface area contributed by atoms with Gasteiger partial charge in [-0.2, -0.15) is 0 Å². The van der Waals surface area contributed by atoms with Gasteiger partial charge in [-0.15, -0.1) is 6.58 Å². The third-order valence-corrected chi connectivity index (χ3v) is 5.50. The molecule has 1 amide bonds. The molecule has 1 saturated heterocycles. The molecule has 0 saturated carbocycles. The van der Waals surface area contributed by atoms with Gasteiger partial charge >= 0.3 is 0 Å². The lowest BCUT2D eigenvalue weighted by Crippen LogP contribution is -2.49. The van der Waals surface area contributed by atoms with Gasteiger partial charge in [0, 0.05) is 16.0 Å². The lowest BCUT2D eigenvalue weighted by Gasteiger charge is -2.42. The minimum atomic E-state index is -0.475. The van der Waals surface area contributed by atoms with Crippen LogP contribution in [0.4, 0.5) is 0 Å². The van der Waals surface area contributed by atoms with Crippen LogP contribution in [0.5, 0.6) is 0 Å². The highest BCUT2D eigenvalue weighted by Gasteiger charge is 2.44. The van der Waals surface area contributed by atoms with Crippen molar-refractivity contribution in [3.05, 3.63) is 82.4 Å². The fourth-order valence-electron chi connectivity index (χ4n) is 3.64. The summed E-state index contributed by atoms with van der Waals surface area (Å²) in [5, 5.41) is 4.61. The molecule has 3 rings (SSSR count). The van der Waals surface area contributed by atoms with Gasteiger partial charge in [0.05, 0.1) is 11.5 Å². The first kappa shape index (κ1) is 18.0. The van der Waals surface area contributed by atoms with Crippen molar-refractivity contribution in [3.8, 4) is 0 Å². The van der Waals surface area contributed by atoms with Crippen LogP contribution in [-0.2, 0) is 4.79 Å². The van der Waals surface area contributed by atoms with Gasteiger partial charge in [-0.1, -0.05) is 60.5 Å². The van der Waals surface area contributed by atoms with E-state index in [-0.39, 0.29) is 17.9 Å². The standard InChI is InChI=1S/C21H21Cl2NO/c1-3-11-21(2)13-18(15-5-4-6-17(23)12-15)19(24-20(21)25)14-7-9-16(22)10-8-14/h3-10,12,18-19H,1,11,13H2,2H3,(H,24,25). The summed E-state index contributed by atoms with van der Waals surface area (Å²) in [6.07, 6.45) is 3.19. The number of piperidine rings is 1. The molecule has 1 aliphatic heterocycles. The molecule has 0 radical (unpaired) electrons. The highest BCUT2D eigenvalue weighted by atomic mass is 35.5. The molecular weight excluding hydrogens is 353 g/mol. The summed E-state index contributed by atoms with van der Waals surface area (Å²) in [4.78, 5) is 12.8. The second-order valence-electron chi connectivity index (χ2n) is 6.92. The first-order valence-electron chi connectivity index (χ1n) is 8.36. The van der Waals surface area contributed by atoms with E-state index in [0.29, 0.717) is 16.5 Å². The molecule has 1 fully saturated rings.